The van der Waals surface area contributed by atoms with Gasteiger partial charge in [0.25, 0.3) is 0 Å². The van der Waals surface area contributed by atoms with E-state index in [4.69, 9.17) is 25.8 Å². The van der Waals surface area contributed by atoms with E-state index in [1.165, 1.54) is 6.08 Å². The molecule has 0 saturated carbocycles. The van der Waals surface area contributed by atoms with Crippen LogP contribution in [0.1, 0.15) is 11.1 Å². The first kappa shape index (κ1) is 18.7. The van der Waals surface area contributed by atoms with Gasteiger partial charge in [-0.05, 0) is 35.4 Å². The van der Waals surface area contributed by atoms with Crippen molar-refractivity contribution < 1.29 is 19.0 Å². The molecule has 0 aliphatic heterocycles. The van der Waals surface area contributed by atoms with Gasteiger partial charge in [0, 0.05) is 23.7 Å². The van der Waals surface area contributed by atoms with Crippen LogP contribution in [0.4, 0.5) is 0 Å². The molecule has 0 fully saturated rings. The lowest BCUT2D eigenvalue weighted by Gasteiger charge is -2.12. The number of carbonyl (C=O) groups is 1. The number of nitrogens with one attached hydrogen (secondary N) is 1. The van der Waals surface area contributed by atoms with Crippen molar-refractivity contribution in [1.29, 1.82) is 0 Å². The SMILES string of the molecule is COc1ccc(/C=C/C(=O)NCc2cc(OC)c(OC)cc2Cl)cc1. The predicted octanol–water partition coefficient (Wildman–Crippen LogP) is 3.70. The molecule has 0 radical (unpaired) electrons. The molecule has 0 aliphatic carbocycles. The molecule has 132 valence electrons. The number of hydrogen-bond acceptors (Lipinski definition) is 4. The van der Waals surface area contributed by atoms with Gasteiger partial charge in [-0.3, -0.25) is 4.79 Å². The van der Waals surface area contributed by atoms with Crippen molar-refractivity contribution in [1.82, 2.24) is 5.32 Å². The lowest BCUT2D eigenvalue weighted by atomic mass is 10.2. The van der Waals surface area contributed by atoms with Crippen molar-refractivity contribution in [2.75, 3.05) is 21.3 Å². The van der Waals surface area contributed by atoms with Crippen LogP contribution in [0.15, 0.2) is 42.5 Å². The highest BCUT2D eigenvalue weighted by atomic mass is 35.5. The maximum atomic E-state index is 12.0. The highest BCUT2D eigenvalue weighted by Gasteiger charge is 2.10. The highest BCUT2D eigenvalue weighted by Crippen LogP contribution is 2.32. The molecule has 2 aromatic carbocycles. The minimum atomic E-state index is -0.221. The summed E-state index contributed by atoms with van der Waals surface area (Å²) in [6.07, 6.45) is 3.20. The van der Waals surface area contributed by atoms with E-state index in [2.05, 4.69) is 5.32 Å². The molecular weight excluding hydrogens is 342 g/mol. The van der Waals surface area contributed by atoms with Gasteiger partial charge in [-0.25, -0.2) is 0 Å². The molecule has 0 unspecified atom stereocenters. The lowest BCUT2D eigenvalue weighted by Crippen LogP contribution is -2.20. The molecule has 1 N–H and O–H groups in total. The Hall–Kier alpha value is -2.66. The van der Waals surface area contributed by atoms with Gasteiger partial charge >= 0.3 is 0 Å². The number of carbonyl (C=O) groups excluding carboxylic acids is 1. The number of methoxy groups -OCH3 is 3. The fourth-order valence-electron chi connectivity index (χ4n) is 2.16. The molecule has 0 aliphatic rings. The Morgan fingerprint density at radius 2 is 1.68 bits per heavy atom. The van der Waals surface area contributed by atoms with Crippen LogP contribution >= 0.6 is 11.6 Å². The van der Waals surface area contributed by atoms with Gasteiger partial charge in [-0.15, -0.1) is 0 Å². The van der Waals surface area contributed by atoms with Crippen molar-refractivity contribution in [3.63, 3.8) is 0 Å². The van der Waals surface area contributed by atoms with Crippen LogP contribution in [0.2, 0.25) is 5.02 Å². The van der Waals surface area contributed by atoms with Crippen molar-refractivity contribution in [2.24, 2.45) is 0 Å². The maximum absolute atomic E-state index is 12.0. The molecule has 0 bridgehead atoms. The molecule has 2 aromatic rings. The van der Waals surface area contributed by atoms with Crippen LogP contribution < -0.4 is 19.5 Å². The van der Waals surface area contributed by atoms with Gasteiger partial charge in [-0.1, -0.05) is 23.7 Å². The Bertz CT molecular complexity index is 757. The third-order valence-electron chi connectivity index (χ3n) is 3.55. The average Bonchev–Trinajstić information content (AvgIpc) is 2.65. The fourth-order valence-corrected chi connectivity index (χ4v) is 2.38. The summed E-state index contributed by atoms with van der Waals surface area (Å²) in [5, 5.41) is 3.29. The smallest absolute Gasteiger partial charge is 0.244 e. The minimum absolute atomic E-state index is 0.221. The Kier molecular flexibility index (Phi) is 6.71. The van der Waals surface area contributed by atoms with Crippen LogP contribution in [0.25, 0.3) is 6.08 Å². The summed E-state index contributed by atoms with van der Waals surface area (Å²) < 4.78 is 15.5. The van der Waals surface area contributed by atoms with Gasteiger partial charge in [0.1, 0.15) is 5.75 Å². The van der Waals surface area contributed by atoms with E-state index >= 15 is 0 Å². The van der Waals surface area contributed by atoms with E-state index in [1.54, 1.807) is 39.5 Å². The molecule has 6 heteroatoms. The molecule has 0 spiro atoms. The first-order valence-electron chi connectivity index (χ1n) is 7.57. The van der Waals surface area contributed by atoms with Crippen LogP contribution in [0, 0.1) is 0 Å². The zero-order chi connectivity index (χ0) is 18.2. The third kappa shape index (κ3) is 5.16. The van der Waals surface area contributed by atoms with Crippen molar-refractivity contribution in [2.45, 2.75) is 6.54 Å². The molecular formula is C19H20ClNO4. The number of benzene rings is 2. The number of rotatable bonds is 7. The average molecular weight is 362 g/mol. The van der Waals surface area contributed by atoms with Gasteiger partial charge in [0.2, 0.25) is 5.91 Å². The van der Waals surface area contributed by atoms with Crippen LogP contribution in [-0.2, 0) is 11.3 Å². The highest BCUT2D eigenvalue weighted by molar-refractivity contribution is 6.31. The molecule has 1 amide bonds. The minimum Gasteiger partial charge on any atom is -0.497 e. The molecule has 2 rings (SSSR count). The largest absolute Gasteiger partial charge is 0.497 e. The number of hydrogen-bond donors (Lipinski definition) is 1. The fraction of sp³-hybridized carbons (Fsp3) is 0.211. The summed E-state index contributed by atoms with van der Waals surface area (Å²) in [5.74, 6) is 1.65. The number of amides is 1. The molecule has 0 saturated heterocycles. The van der Waals surface area contributed by atoms with Gasteiger partial charge < -0.3 is 19.5 Å². The van der Waals surface area contributed by atoms with Crippen LogP contribution in [-0.4, -0.2) is 27.2 Å². The lowest BCUT2D eigenvalue weighted by molar-refractivity contribution is -0.116. The monoisotopic (exact) mass is 361 g/mol. The standard InChI is InChI=1S/C19H20ClNO4/c1-23-15-7-4-13(5-8-15)6-9-19(22)21-12-14-10-17(24-2)18(25-3)11-16(14)20/h4-11H,12H2,1-3H3,(H,21,22)/b9-6+. The zero-order valence-corrected chi connectivity index (χ0v) is 15.1. The van der Waals surface area contributed by atoms with E-state index in [-0.39, 0.29) is 12.5 Å². The predicted molar refractivity (Wildman–Crippen MR) is 98.4 cm³/mol. The second-order valence-corrected chi connectivity index (χ2v) is 5.53. The third-order valence-corrected chi connectivity index (χ3v) is 3.90. The second-order valence-electron chi connectivity index (χ2n) is 5.12. The molecule has 0 heterocycles. The molecule has 0 aromatic heterocycles. The molecule has 0 atom stereocenters. The Morgan fingerprint density at radius 3 is 2.28 bits per heavy atom. The summed E-state index contributed by atoms with van der Waals surface area (Å²) in [6.45, 7) is 0.283. The second kappa shape index (κ2) is 8.99. The van der Waals surface area contributed by atoms with Crippen molar-refractivity contribution in [3.05, 3.63) is 58.6 Å². The summed E-state index contributed by atoms with van der Waals surface area (Å²) in [5.41, 5.74) is 1.64. The summed E-state index contributed by atoms with van der Waals surface area (Å²) in [6, 6.07) is 10.8. The van der Waals surface area contributed by atoms with Gasteiger partial charge in [0.05, 0.1) is 21.3 Å². The Balaban J connectivity index is 1.98. The van der Waals surface area contributed by atoms with E-state index in [1.807, 2.05) is 24.3 Å². The Labute approximate surface area is 152 Å². The molecule has 25 heavy (non-hydrogen) atoms. The zero-order valence-electron chi connectivity index (χ0n) is 14.3. The van der Waals surface area contributed by atoms with Crippen molar-refractivity contribution >= 4 is 23.6 Å². The topological polar surface area (TPSA) is 56.8 Å². The normalized spacial score (nSPS) is 10.6. The number of ether oxygens (including phenoxy) is 3. The summed E-state index contributed by atoms with van der Waals surface area (Å²) in [7, 11) is 4.70. The quantitative estimate of drug-likeness (QED) is 0.764. The van der Waals surface area contributed by atoms with Gasteiger partial charge in [0.15, 0.2) is 11.5 Å². The summed E-state index contributed by atoms with van der Waals surface area (Å²) in [4.78, 5) is 12.0. The van der Waals surface area contributed by atoms with Gasteiger partial charge in [-0.2, -0.15) is 0 Å². The first-order chi connectivity index (χ1) is 12.1. The Morgan fingerprint density at radius 1 is 1.04 bits per heavy atom. The van der Waals surface area contributed by atoms with E-state index in [0.717, 1.165) is 16.9 Å². The van der Waals surface area contributed by atoms with Crippen LogP contribution in [0.3, 0.4) is 0 Å². The van der Waals surface area contributed by atoms with E-state index < -0.39 is 0 Å². The van der Waals surface area contributed by atoms with E-state index in [9.17, 15) is 4.79 Å². The summed E-state index contributed by atoms with van der Waals surface area (Å²) >= 11 is 6.21. The van der Waals surface area contributed by atoms with Crippen molar-refractivity contribution in [3.8, 4) is 17.2 Å². The number of halogens is 1. The first-order valence-corrected chi connectivity index (χ1v) is 7.95. The maximum Gasteiger partial charge on any atom is 0.244 e. The molecule has 5 nitrogen and oxygen atoms in total. The van der Waals surface area contributed by atoms with Crippen LogP contribution in [0.5, 0.6) is 17.2 Å². The van der Waals surface area contributed by atoms with E-state index in [0.29, 0.717) is 16.5 Å².